The average molecular weight is 234 g/mol. The van der Waals surface area contributed by atoms with Crippen LogP contribution in [0.4, 0.5) is 0 Å². The predicted octanol–water partition coefficient (Wildman–Crippen LogP) is 0.336. The van der Waals surface area contributed by atoms with Crippen LogP contribution in [0.5, 0.6) is 0 Å². The second-order valence-corrected chi connectivity index (χ2v) is 3.75. The van der Waals surface area contributed by atoms with E-state index in [1.54, 1.807) is 6.92 Å². The summed E-state index contributed by atoms with van der Waals surface area (Å²) in [7, 11) is 0. The molecule has 1 aliphatic rings. The normalized spacial score (nSPS) is 23.2. The Kier molecular flexibility index (Phi) is 3.39. The molecule has 0 bridgehead atoms. The average Bonchev–Trinajstić information content (AvgIpc) is 2.73. The van der Waals surface area contributed by atoms with E-state index in [0.29, 0.717) is 6.61 Å². The van der Waals surface area contributed by atoms with Crippen LogP contribution in [-0.4, -0.2) is 24.5 Å². The summed E-state index contributed by atoms with van der Waals surface area (Å²) < 4.78 is 4.93. The van der Waals surface area contributed by atoms with Crippen molar-refractivity contribution in [3.05, 3.63) is 35.9 Å². The van der Waals surface area contributed by atoms with Crippen LogP contribution in [0.15, 0.2) is 30.3 Å². The smallest absolute Gasteiger partial charge is 0.326 e. The van der Waals surface area contributed by atoms with E-state index >= 15 is 0 Å². The molecule has 1 heterocycles. The van der Waals surface area contributed by atoms with Crippen LogP contribution in [-0.2, 0) is 14.3 Å². The Morgan fingerprint density at radius 1 is 1.35 bits per heavy atom. The number of benzene rings is 1. The minimum atomic E-state index is -0.662. The first-order chi connectivity index (χ1) is 8.24. The van der Waals surface area contributed by atoms with Crippen molar-refractivity contribution in [2.75, 3.05) is 6.61 Å². The Hall–Kier alpha value is -1.88. The maximum Gasteiger partial charge on any atom is 0.326 e. The highest BCUT2D eigenvalue weighted by Crippen LogP contribution is 2.23. The summed E-state index contributed by atoms with van der Waals surface area (Å²) in [5, 5.41) is 0. The van der Waals surface area contributed by atoms with Crippen LogP contribution in [0, 0.1) is 0 Å². The van der Waals surface area contributed by atoms with Gasteiger partial charge in [0.25, 0.3) is 0 Å². The van der Waals surface area contributed by atoms with Crippen molar-refractivity contribution in [2.45, 2.75) is 18.9 Å². The van der Waals surface area contributed by atoms with Crippen molar-refractivity contribution < 1.29 is 14.3 Å². The van der Waals surface area contributed by atoms with Gasteiger partial charge in [0.1, 0.15) is 6.04 Å². The molecule has 2 N–H and O–H groups in total. The molecule has 0 radical (unpaired) electrons. The number of esters is 1. The molecule has 1 fully saturated rings. The van der Waals surface area contributed by atoms with Crippen LogP contribution in [0.25, 0.3) is 0 Å². The van der Waals surface area contributed by atoms with E-state index < -0.39 is 17.9 Å². The molecule has 1 aliphatic heterocycles. The highest BCUT2D eigenvalue weighted by atomic mass is 16.5. The van der Waals surface area contributed by atoms with E-state index in [1.165, 1.54) is 0 Å². The third-order valence-corrected chi connectivity index (χ3v) is 2.67. The molecule has 2 rings (SSSR count). The van der Waals surface area contributed by atoms with Crippen molar-refractivity contribution in [2.24, 2.45) is 0 Å². The molecule has 0 aliphatic carbocycles. The molecule has 2 atom stereocenters. The molecule has 5 nitrogen and oxygen atoms in total. The van der Waals surface area contributed by atoms with Crippen LogP contribution in [0.2, 0.25) is 0 Å². The largest absolute Gasteiger partial charge is 0.465 e. The number of carbonyl (C=O) groups excluding carboxylic acids is 2. The first kappa shape index (κ1) is 11.6. The summed E-state index contributed by atoms with van der Waals surface area (Å²) in [4.78, 5) is 23.4. The Bertz CT molecular complexity index is 419. The van der Waals surface area contributed by atoms with Gasteiger partial charge in [-0.05, 0) is 12.5 Å². The van der Waals surface area contributed by atoms with Crippen LogP contribution in [0.3, 0.4) is 0 Å². The molecule has 1 amide bonds. The van der Waals surface area contributed by atoms with Crippen molar-refractivity contribution in [1.82, 2.24) is 10.9 Å². The molecule has 5 heteroatoms. The number of hydrazine groups is 1. The maximum absolute atomic E-state index is 11.7. The van der Waals surface area contributed by atoms with Crippen molar-refractivity contribution in [3.63, 3.8) is 0 Å². The molecule has 1 saturated heterocycles. The Morgan fingerprint density at radius 3 is 2.71 bits per heavy atom. The number of nitrogens with one attached hydrogen (secondary N) is 2. The summed E-state index contributed by atoms with van der Waals surface area (Å²) >= 11 is 0. The zero-order chi connectivity index (χ0) is 12.3. The fraction of sp³-hybridized carbons (Fsp3) is 0.333. The van der Waals surface area contributed by atoms with Gasteiger partial charge in [0.15, 0.2) is 0 Å². The summed E-state index contributed by atoms with van der Waals surface area (Å²) in [5.41, 5.74) is 5.93. The third-order valence-electron chi connectivity index (χ3n) is 2.67. The second-order valence-electron chi connectivity index (χ2n) is 3.75. The van der Waals surface area contributed by atoms with Gasteiger partial charge in [0, 0.05) is 0 Å². The Morgan fingerprint density at radius 2 is 2.06 bits per heavy atom. The zero-order valence-electron chi connectivity index (χ0n) is 9.47. The third kappa shape index (κ3) is 2.29. The molecule has 1 aromatic carbocycles. The SMILES string of the molecule is CCOC(=O)[C@H]1NNC(=O)[C@H]1c1ccccc1. The van der Waals surface area contributed by atoms with Gasteiger partial charge in [0.05, 0.1) is 12.5 Å². The van der Waals surface area contributed by atoms with E-state index in [0.717, 1.165) is 5.56 Å². The lowest BCUT2D eigenvalue weighted by Gasteiger charge is -2.15. The van der Waals surface area contributed by atoms with Crippen LogP contribution in [0.1, 0.15) is 18.4 Å². The molecular formula is C12H14N2O3. The fourth-order valence-electron chi connectivity index (χ4n) is 1.89. The molecule has 0 spiro atoms. The van der Waals surface area contributed by atoms with Crippen molar-refractivity contribution >= 4 is 11.9 Å². The molecular weight excluding hydrogens is 220 g/mol. The number of hydrogen-bond donors (Lipinski definition) is 2. The number of carbonyl (C=O) groups is 2. The lowest BCUT2D eigenvalue weighted by Crippen LogP contribution is -2.39. The molecule has 0 aromatic heterocycles. The minimum Gasteiger partial charge on any atom is -0.465 e. The quantitative estimate of drug-likeness (QED) is 0.740. The molecule has 0 saturated carbocycles. The lowest BCUT2D eigenvalue weighted by molar-refractivity contribution is -0.146. The van der Waals surface area contributed by atoms with E-state index in [2.05, 4.69) is 10.9 Å². The number of hydrogen-bond acceptors (Lipinski definition) is 4. The zero-order valence-corrected chi connectivity index (χ0v) is 9.47. The number of rotatable bonds is 3. The first-order valence-electron chi connectivity index (χ1n) is 5.51. The van der Waals surface area contributed by atoms with E-state index in [-0.39, 0.29) is 5.91 Å². The van der Waals surface area contributed by atoms with Gasteiger partial charge in [-0.2, -0.15) is 0 Å². The summed E-state index contributed by atoms with van der Waals surface area (Å²) in [6.07, 6.45) is 0. The number of amides is 1. The summed E-state index contributed by atoms with van der Waals surface area (Å²) in [6, 6.07) is 8.52. The van der Waals surface area contributed by atoms with Crippen molar-refractivity contribution in [1.29, 1.82) is 0 Å². The Balaban J connectivity index is 2.23. The second kappa shape index (κ2) is 4.97. The predicted molar refractivity (Wildman–Crippen MR) is 60.9 cm³/mol. The van der Waals surface area contributed by atoms with Gasteiger partial charge in [0.2, 0.25) is 5.91 Å². The lowest BCUT2D eigenvalue weighted by atomic mass is 9.92. The van der Waals surface area contributed by atoms with Gasteiger partial charge in [-0.3, -0.25) is 15.0 Å². The number of ether oxygens (including phenoxy) is 1. The van der Waals surface area contributed by atoms with Gasteiger partial charge >= 0.3 is 5.97 Å². The van der Waals surface area contributed by atoms with E-state index in [1.807, 2.05) is 30.3 Å². The highest BCUT2D eigenvalue weighted by Gasteiger charge is 2.41. The topological polar surface area (TPSA) is 67.4 Å². The van der Waals surface area contributed by atoms with Gasteiger partial charge in [-0.25, -0.2) is 5.43 Å². The summed E-state index contributed by atoms with van der Waals surface area (Å²) in [5.74, 6) is -1.16. The van der Waals surface area contributed by atoms with Gasteiger partial charge in [-0.15, -0.1) is 0 Å². The molecule has 1 aromatic rings. The highest BCUT2D eigenvalue weighted by molar-refractivity contribution is 5.94. The monoisotopic (exact) mass is 234 g/mol. The minimum absolute atomic E-state index is 0.214. The van der Waals surface area contributed by atoms with Crippen LogP contribution >= 0.6 is 0 Å². The Labute approximate surface area is 99.1 Å². The van der Waals surface area contributed by atoms with Crippen molar-refractivity contribution in [3.8, 4) is 0 Å². The van der Waals surface area contributed by atoms with E-state index in [4.69, 9.17) is 4.74 Å². The van der Waals surface area contributed by atoms with Gasteiger partial charge < -0.3 is 4.74 Å². The van der Waals surface area contributed by atoms with Gasteiger partial charge in [-0.1, -0.05) is 30.3 Å². The van der Waals surface area contributed by atoms with Crippen LogP contribution < -0.4 is 10.9 Å². The van der Waals surface area contributed by atoms with E-state index in [9.17, 15) is 9.59 Å². The molecule has 90 valence electrons. The standard InChI is InChI=1S/C12H14N2O3/c1-2-17-12(16)10-9(11(15)14-13-10)8-6-4-3-5-7-8/h3-7,9-10,13H,2H2,1H3,(H,14,15)/t9-,10-/m0/s1. The first-order valence-corrected chi connectivity index (χ1v) is 5.51. The maximum atomic E-state index is 11.7. The molecule has 17 heavy (non-hydrogen) atoms. The summed E-state index contributed by atoms with van der Waals surface area (Å²) in [6.45, 7) is 2.03. The molecule has 0 unspecified atom stereocenters. The fourth-order valence-corrected chi connectivity index (χ4v) is 1.89.